The summed E-state index contributed by atoms with van der Waals surface area (Å²) in [5.74, 6) is 0. The fraction of sp³-hybridized carbons (Fsp3) is 0.130. The van der Waals surface area contributed by atoms with Crippen LogP contribution in [0.2, 0.25) is 13.1 Å². The van der Waals surface area contributed by atoms with Crippen molar-refractivity contribution in [1.82, 2.24) is 9.13 Å². The smallest absolute Gasteiger partial charge is 0.0715 e. The van der Waals surface area contributed by atoms with Gasteiger partial charge in [-0.05, 0) is 104 Å². The lowest BCUT2D eigenvalue weighted by Crippen LogP contribution is -2.39. The van der Waals surface area contributed by atoms with Gasteiger partial charge in [0.25, 0.3) is 0 Å². The van der Waals surface area contributed by atoms with Crippen LogP contribution in [0.5, 0.6) is 0 Å². The molecular weight excluding hydrogens is 609 g/mol. The molecule has 2 heterocycles. The quantitative estimate of drug-likeness (QED) is 0.168. The first-order chi connectivity index (χ1) is 23.9. The van der Waals surface area contributed by atoms with Crippen LogP contribution < -0.4 is 0 Å². The van der Waals surface area contributed by atoms with Gasteiger partial charge in [0.2, 0.25) is 0 Å². The number of benzene rings is 6. The van der Waals surface area contributed by atoms with E-state index in [0.29, 0.717) is 11.1 Å². The van der Waals surface area contributed by atoms with Crippen LogP contribution in [-0.4, -0.2) is 17.2 Å². The van der Waals surface area contributed by atoms with Crippen LogP contribution in [-0.2, 0) is 14.1 Å². The van der Waals surface area contributed by atoms with Crippen molar-refractivity contribution >= 4 is 63.8 Å². The molecule has 0 amide bonds. The molecule has 0 aliphatic heterocycles. The Labute approximate surface area is 288 Å². The van der Waals surface area contributed by atoms with E-state index in [1.807, 2.05) is 0 Å². The third-order valence-corrected chi connectivity index (χ3v) is 16.1. The number of rotatable bonds is 4. The van der Waals surface area contributed by atoms with Crippen LogP contribution in [0.15, 0.2) is 133 Å². The first-order valence-electron chi connectivity index (χ1n) is 17.5. The molecule has 0 saturated heterocycles. The topological polar surface area (TPSA) is 9.86 Å². The van der Waals surface area contributed by atoms with Crippen molar-refractivity contribution in [1.29, 1.82) is 0 Å². The summed E-state index contributed by atoms with van der Waals surface area (Å²) < 4.78 is 4.61. The summed E-state index contributed by atoms with van der Waals surface area (Å²) in [7, 11) is 2.49. The van der Waals surface area contributed by atoms with E-state index in [1.165, 1.54) is 88.1 Å². The second kappa shape index (κ2) is 10.3. The first kappa shape index (κ1) is 28.6. The van der Waals surface area contributed by atoms with Crippen molar-refractivity contribution in [2.75, 3.05) is 0 Å². The molecule has 236 valence electrons. The Hall–Kier alpha value is -5.38. The molecular formula is C46H38N2Si. The lowest BCUT2D eigenvalue weighted by molar-refractivity contribution is 1.01. The highest BCUT2D eigenvalue weighted by Crippen LogP contribution is 2.48. The van der Waals surface area contributed by atoms with E-state index in [4.69, 9.17) is 0 Å². The fourth-order valence-electron chi connectivity index (χ4n) is 9.16. The van der Waals surface area contributed by atoms with Gasteiger partial charge in [-0.2, -0.15) is 0 Å². The molecule has 0 N–H and O–H groups in total. The zero-order valence-corrected chi connectivity index (χ0v) is 29.4. The molecule has 2 atom stereocenters. The lowest BCUT2D eigenvalue weighted by Gasteiger charge is -2.35. The Morgan fingerprint density at radius 1 is 0.429 bits per heavy atom. The summed E-state index contributed by atoms with van der Waals surface area (Å²) in [6.07, 6.45) is 9.80. The number of nitrogens with zero attached hydrogens (tertiary/aromatic N) is 2. The van der Waals surface area contributed by atoms with Crippen LogP contribution in [0.25, 0.3) is 78.0 Å². The summed E-state index contributed by atoms with van der Waals surface area (Å²) in [6, 6.07) is 45.7. The zero-order chi connectivity index (χ0) is 33.0. The van der Waals surface area contributed by atoms with Crippen LogP contribution >= 0.6 is 0 Å². The Balaban J connectivity index is 0.955. The third kappa shape index (κ3) is 4.12. The maximum atomic E-state index is 2.59. The number of fused-ring (bicyclic) bond motifs is 8. The Morgan fingerprint density at radius 2 is 0.816 bits per heavy atom. The number of hydrogen-bond acceptors (Lipinski definition) is 0. The zero-order valence-electron chi connectivity index (χ0n) is 28.4. The molecule has 10 rings (SSSR count). The van der Waals surface area contributed by atoms with Gasteiger partial charge in [-0.15, -0.1) is 0 Å². The van der Waals surface area contributed by atoms with Crippen LogP contribution in [0.1, 0.15) is 33.3 Å². The molecule has 49 heavy (non-hydrogen) atoms. The van der Waals surface area contributed by atoms with Crippen molar-refractivity contribution in [3.8, 4) is 22.3 Å². The van der Waals surface area contributed by atoms with Gasteiger partial charge in [0.1, 0.15) is 0 Å². The fourth-order valence-corrected chi connectivity index (χ4v) is 12.9. The highest BCUT2D eigenvalue weighted by Gasteiger charge is 2.42. The summed E-state index contributed by atoms with van der Waals surface area (Å²) in [6.45, 7) is 5.18. The van der Waals surface area contributed by atoms with E-state index in [9.17, 15) is 0 Å². The minimum absolute atomic E-state index is 0.478. The first-order valence-corrected chi connectivity index (χ1v) is 20.6. The van der Waals surface area contributed by atoms with E-state index in [1.54, 1.807) is 0 Å². The molecule has 3 heteroatoms. The van der Waals surface area contributed by atoms with Gasteiger partial charge in [0.05, 0.1) is 8.07 Å². The van der Waals surface area contributed by atoms with E-state index in [-0.39, 0.29) is 0 Å². The second-order valence-corrected chi connectivity index (χ2v) is 19.7. The van der Waals surface area contributed by atoms with Crippen molar-refractivity contribution in [3.63, 3.8) is 0 Å². The van der Waals surface area contributed by atoms with Gasteiger partial charge in [0, 0.05) is 57.7 Å². The van der Waals surface area contributed by atoms with E-state index in [0.717, 1.165) is 0 Å². The number of allylic oxidation sites excluding steroid dienone is 2. The number of aromatic nitrogens is 2. The highest BCUT2D eigenvalue weighted by molar-refractivity contribution is 6.81. The molecule has 0 saturated carbocycles. The molecule has 2 aliphatic carbocycles. The molecule has 8 aromatic rings. The molecule has 2 nitrogen and oxygen atoms in total. The van der Waals surface area contributed by atoms with E-state index < -0.39 is 8.07 Å². The predicted molar refractivity (Wildman–Crippen MR) is 213 cm³/mol. The van der Waals surface area contributed by atoms with Crippen molar-refractivity contribution in [3.05, 3.63) is 156 Å². The van der Waals surface area contributed by atoms with Gasteiger partial charge >= 0.3 is 0 Å². The van der Waals surface area contributed by atoms with E-state index in [2.05, 4.69) is 182 Å². The third-order valence-electron chi connectivity index (χ3n) is 11.9. The normalized spacial score (nSPS) is 16.8. The largest absolute Gasteiger partial charge is 0.344 e. The van der Waals surface area contributed by atoms with Gasteiger partial charge in [0.15, 0.2) is 0 Å². The monoisotopic (exact) mass is 646 g/mol. The Kier molecular flexibility index (Phi) is 6.02. The molecule has 0 bridgehead atoms. The highest BCUT2D eigenvalue weighted by atomic mass is 28.3. The maximum absolute atomic E-state index is 2.59. The van der Waals surface area contributed by atoms with Gasteiger partial charge in [-0.1, -0.05) is 110 Å². The van der Waals surface area contributed by atoms with Gasteiger partial charge in [-0.25, -0.2) is 0 Å². The van der Waals surface area contributed by atoms with Crippen LogP contribution in [0, 0.1) is 0 Å². The van der Waals surface area contributed by atoms with Crippen molar-refractivity contribution < 1.29 is 0 Å². The average molecular weight is 647 g/mol. The summed E-state index contributed by atoms with van der Waals surface area (Å²) in [5, 5.41) is 5.28. The molecule has 0 radical (unpaired) electrons. The minimum Gasteiger partial charge on any atom is -0.344 e. The van der Waals surface area contributed by atoms with Gasteiger partial charge < -0.3 is 9.13 Å². The molecule has 0 spiro atoms. The van der Waals surface area contributed by atoms with Crippen molar-refractivity contribution in [2.24, 2.45) is 14.1 Å². The summed E-state index contributed by atoms with van der Waals surface area (Å²) >= 11 is 0. The number of para-hydroxylation sites is 2. The second-order valence-electron chi connectivity index (χ2n) is 14.8. The van der Waals surface area contributed by atoms with Crippen LogP contribution in [0.4, 0.5) is 0 Å². The molecule has 6 aromatic carbocycles. The Bertz CT molecular complexity index is 2550. The molecule has 2 unspecified atom stereocenters. The maximum Gasteiger partial charge on any atom is 0.0715 e. The lowest BCUT2D eigenvalue weighted by atomic mass is 9.98. The molecule has 0 fully saturated rings. The molecule has 2 aromatic heterocycles. The van der Waals surface area contributed by atoms with Crippen molar-refractivity contribution in [2.45, 2.75) is 24.2 Å². The Morgan fingerprint density at radius 3 is 1.29 bits per heavy atom. The number of hydrogen-bond donors (Lipinski definition) is 0. The molecule has 2 aliphatic rings. The van der Waals surface area contributed by atoms with Gasteiger partial charge in [-0.3, -0.25) is 0 Å². The number of aryl methyl sites for hydroxylation is 2. The summed E-state index contributed by atoms with van der Waals surface area (Å²) in [5.41, 5.74) is 17.0. The minimum atomic E-state index is -1.84. The standard InChI is InChI=1S/C46H38N2Si/c1-47-41-11-7-5-9-37(41)39-27-31(15-21-43(39)47)29-13-19-35-33(25-29)17-23-45(35)49(3,4)46-24-18-34-26-30(14-20-36(34)46)32-16-22-44-40(28-32)38-10-6-8-12-42(38)48(44)2/h5-28,45-46H,1-4H3. The average Bonchev–Trinajstić information content (AvgIpc) is 3.90. The van der Waals surface area contributed by atoms with E-state index >= 15 is 0 Å². The predicted octanol–water partition coefficient (Wildman–Crippen LogP) is 12.0. The summed E-state index contributed by atoms with van der Waals surface area (Å²) in [4.78, 5) is 0. The SMILES string of the molecule is Cn1c2ccccc2c2cc(-c3ccc4c(c3)C=CC4[Si](C)(C)C3C=Cc4cc(-c5ccc6c(c5)c5ccccc5n6C)ccc43)ccc21. The van der Waals surface area contributed by atoms with Crippen LogP contribution in [0.3, 0.4) is 0 Å².